The van der Waals surface area contributed by atoms with Gasteiger partial charge in [0.15, 0.2) is 0 Å². The van der Waals surface area contributed by atoms with Crippen LogP contribution in [0, 0.1) is 0 Å². The molecule has 0 amide bonds. The van der Waals surface area contributed by atoms with Crippen molar-refractivity contribution in [3.05, 3.63) is 35.9 Å². The molecule has 3 nitrogen and oxygen atoms in total. The molecule has 0 N–H and O–H groups in total. The molecule has 1 saturated heterocycles. The topological polar surface area (TPSA) is 15.7 Å². The van der Waals surface area contributed by atoms with E-state index in [1.54, 1.807) is 0 Å². The third kappa shape index (κ3) is 5.75. The highest BCUT2D eigenvalue weighted by Crippen LogP contribution is 2.67. The molecule has 1 aliphatic heterocycles. The van der Waals surface area contributed by atoms with Crippen LogP contribution in [0.2, 0.25) is 39.3 Å². The Morgan fingerprint density at radius 2 is 1.40 bits per heavy atom. The standard InChI is InChI=1S/C23H43N2OPSSi2/c1-8-23(20-14-10-9-11-15-20)26-27(28)24(18-29(2,3)4)21-16-12-13-17-22(21)25(27)19-30(5,6)7/h9-11,14-15,21-23H,8,12-13,16-19H2,1-7H3/t21-,22-,23+/m1/s1. The zero-order valence-electron chi connectivity index (χ0n) is 20.2. The van der Waals surface area contributed by atoms with E-state index < -0.39 is 22.7 Å². The predicted octanol–water partition coefficient (Wildman–Crippen LogP) is 7.06. The van der Waals surface area contributed by atoms with Crippen molar-refractivity contribution in [1.82, 2.24) is 9.34 Å². The minimum absolute atomic E-state index is 0.0884. The number of hydrogen-bond acceptors (Lipinski definition) is 2. The summed E-state index contributed by atoms with van der Waals surface area (Å²) in [6.45, 7) is 14.9. The molecule has 0 radical (unpaired) electrons. The highest BCUT2D eigenvalue weighted by Gasteiger charge is 2.55. The van der Waals surface area contributed by atoms with Gasteiger partial charge < -0.3 is 4.52 Å². The lowest BCUT2D eigenvalue weighted by molar-refractivity contribution is 0.195. The van der Waals surface area contributed by atoms with Crippen LogP contribution in [0.3, 0.4) is 0 Å². The molecule has 1 heterocycles. The quantitative estimate of drug-likeness (QED) is 0.291. The molecule has 0 spiro atoms. The van der Waals surface area contributed by atoms with Gasteiger partial charge in [0.2, 0.25) is 6.57 Å². The highest BCUT2D eigenvalue weighted by molar-refractivity contribution is 8.10. The van der Waals surface area contributed by atoms with Crippen molar-refractivity contribution < 1.29 is 4.52 Å². The average Bonchev–Trinajstić information content (AvgIpc) is 2.87. The summed E-state index contributed by atoms with van der Waals surface area (Å²) < 4.78 is 12.7. The van der Waals surface area contributed by atoms with Crippen molar-refractivity contribution in [2.24, 2.45) is 0 Å². The maximum Gasteiger partial charge on any atom is 0.204 e. The van der Waals surface area contributed by atoms with E-state index >= 15 is 0 Å². The van der Waals surface area contributed by atoms with Gasteiger partial charge in [0.25, 0.3) is 0 Å². The molecule has 30 heavy (non-hydrogen) atoms. The van der Waals surface area contributed by atoms with Crippen molar-refractivity contribution in [3.8, 4) is 0 Å². The first-order chi connectivity index (χ1) is 13.9. The first kappa shape index (κ1) is 24.8. The molecular weight excluding hydrogens is 439 g/mol. The van der Waals surface area contributed by atoms with Crippen LogP contribution in [0.15, 0.2) is 30.3 Å². The first-order valence-corrected chi connectivity index (χ1v) is 21.9. The van der Waals surface area contributed by atoms with Gasteiger partial charge in [0, 0.05) is 24.4 Å². The molecule has 0 aromatic heterocycles. The Morgan fingerprint density at radius 1 is 0.933 bits per heavy atom. The lowest BCUT2D eigenvalue weighted by Crippen LogP contribution is -2.46. The lowest BCUT2D eigenvalue weighted by Gasteiger charge is -2.41. The molecule has 0 bridgehead atoms. The van der Waals surface area contributed by atoms with Crippen LogP contribution in [0.25, 0.3) is 0 Å². The van der Waals surface area contributed by atoms with Gasteiger partial charge in [-0.1, -0.05) is 89.4 Å². The second kappa shape index (κ2) is 9.58. The minimum Gasteiger partial charge on any atom is -0.319 e. The largest absolute Gasteiger partial charge is 0.319 e. The second-order valence-electron chi connectivity index (χ2n) is 11.6. The van der Waals surface area contributed by atoms with Crippen molar-refractivity contribution in [1.29, 1.82) is 0 Å². The number of fused-ring (bicyclic) bond motifs is 1. The zero-order chi connectivity index (χ0) is 22.2. The fourth-order valence-corrected chi connectivity index (χ4v) is 15.9. The monoisotopic (exact) mass is 482 g/mol. The van der Waals surface area contributed by atoms with Gasteiger partial charge in [0.05, 0.1) is 22.3 Å². The van der Waals surface area contributed by atoms with Crippen LogP contribution >= 0.6 is 6.57 Å². The summed E-state index contributed by atoms with van der Waals surface area (Å²) in [7, 11) is -2.65. The summed E-state index contributed by atoms with van der Waals surface area (Å²) in [5, 5.41) is 0. The Bertz CT molecular complexity index is 714. The SMILES string of the molecule is CC[C@H](OP1(=S)N(C[Si](C)(C)C)[C@@H]2CCCC[C@H]2N1C[Si](C)(C)C)c1ccccc1. The number of rotatable bonds is 8. The Labute approximate surface area is 192 Å². The predicted molar refractivity (Wildman–Crippen MR) is 141 cm³/mol. The summed E-state index contributed by atoms with van der Waals surface area (Å²) in [6.07, 6.45) is 8.66. The van der Waals surface area contributed by atoms with Gasteiger partial charge in [-0.05, 0) is 36.6 Å². The van der Waals surface area contributed by atoms with Crippen LogP contribution in [-0.2, 0) is 16.3 Å². The Kier molecular flexibility index (Phi) is 7.93. The summed E-state index contributed by atoms with van der Waals surface area (Å²) in [4.78, 5) is 0. The fraction of sp³-hybridized carbons (Fsp3) is 0.739. The van der Waals surface area contributed by atoms with Crippen molar-refractivity contribution in [2.75, 3.05) is 12.3 Å². The minimum atomic E-state index is -2.26. The third-order valence-corrected chi connectivity index (χ3v) is 13.5. The van der Waals surface area contributed by atoms with E-state index in [0.717, 1.165) is 6.42 Å². The third-order valence-electron chi connectivity index (χ3n) is 6.19. The van der Waals surface area contributed by atoms with E-state index in [2.05, 4.69) is 85.9 Å². The molecule has 1 aliphatic carbocycles. The van der Waals surface area contributed by atoms with Gasteiger partial charge in [-0.25, -0.2) is 9.34 Å². The molecule has 2 fully saturated rings. The summed E-state index contributed by atoms with van der Waals surface area (Å²) in [5.41, 5.74) is 1.28. The van der Waals surface area contributed by atoms with Gasteiger partial charge in [0.1, 0.15) is 0 Å². The number of benzene rings is 1. The van der Waals surface area contributed by atoms with Crippen LogP contribution in [0.4, 0.5) is 0 Å². The van der Waals surface area contributed by atoms with E-state index in [0.29, 0.717) is 12.1 Å². The van der Waals surface area contributed by atoms with Crippen molar-refractivity contribution in [2.45, 2.75) is 96.5 Å². The van der Waals surface area contributed by atoms with Gasteiger partial charge in [-0.15, -0.1) is 0 Å². The van der Waals surface area contributed by atoms with E-state index in [1.807, 2.05) is 0 Å². The zero-order valence-corrected chi connectivity index (χ0v) is 23.9. The first-order valence-electron chi connectivity index (χ1n) is 11.8. The summed E-state index contributed by atoms with van der Waals surface area (Å²) in [5.74, 6) is 0. The maximum absolute atomic E-state index is 7.17. The molecule has 3 atom stereocenters. The number of nitrogens with zero attached hydrogens (tertiary/aromatic N) is 2. The molecule has 2 aliphatic rings. The molecule has 1 aromatic rings. The molecule has 7 heteroatoms. The molecule has 1 saturated carbocycles. The summed E-state index contributed by atoms with van der Waals surface area (Å²) >= 11 is 6.69. The van der Waals surface area contributed by atoms with Crippen molar-refractivity contribution >= 4 is 34.5 Å². The normalized spacial score (nSPS) is 26.5. The van der Waals surface area contributed by atoms with Gasteiger partial charge >= 0.3 is 0 Å². The van der Waals surface area contributed by atoms with Crippen LogP contribution < -0.4 is 0 Å². The van der Waals surface area contributed by atoms with Crippen LogP contribution in [-0.4, -0.2) is 49.9 Å². The molecule has 1 aromatic carbocycles. The lowest BCUT2D eigenvalue weighted by atomic mass is 9.90. The highest BCUT2D eigenvalue weighted by atomic mass is 32.5. The van der Waals surface area contributed by atoms with E-state index in [-0.39, 0.29) is 6.10 Å². The number of hydrogen-bond donors (Lipinski definition) is 0. The maximum atomic E-state index is 7.17. The van der Waals surface area contributed by atoms with Gasteiger partial charge in [-0.3, -0.25) is 0 Å². The Hall–Kier alpha value is 0.184. The van der Waals surface area contributed by atoms with Gasteiger partial charge in [-0.2, -0.15) is 0 Å². The van der Waals surface area contributed by atoms with Crippen LogP contribution in [0.5, 0.6) is 0 Å². The van der Waals surface area contributed by atoms with E-state index in [9.17, 15) is 0 Å². The van der Waals surface area contributed by atoms with E-state index in [4.69, 9.17) is 16.3 Å². The van der Waals surface area contributed by atoms with E-state index in [1.165, 1.54) is 43.6 Å². The smallest absolute Gasteiger partial charge is 0.204 e. The Morgan fingerprint density at radius 3 is 1.80 bits per heavy atom. The molecular formula is C23H43N2OPSSi2. The fourth-order valence-electron chi connectivity index (χ4n) is 5.02. The molecule has 0 unspecified atom stereocenters. The average molecular weight is 483 g/mol. The Balaban J connectivity index is 2.03. The molecule has 3 rings (SSSR count). The van der Waals surface area contributed by atoms with Crippen LogP contribution in [0.1, 0.15) is 50.7 Å². The second-order valence-corrected chi connectivity index (χ2v) is 26.2. The summed E-state index contributed by atoms with van der Waals surface area (Å²) in [6, 6.07) is 12.0. The molecule has 170 valence electrons. The van der Waals surface area contributed by atoms with Crippen molar-refractivity contribution in [3.63, 3.8) is 0 Å².